The molecule has 1 fully saturated rings. The molecule has 1 saturated heterocycles. The number of rotatable bonds is 5. The Balaban J connectivity index is 1.58. The summed E-state index contributed by atoms with van der Waals surface area (Å²) in [5.74, 6) is 0.0313. The fraction of sp³-hybridized carbons (Fsp3) is 0.300. The van der Waals surface area contributed by atoms with Gasteiger partial charge in [0, 0.05) is 29.4 Å². The minimum absolute atomic E-state index is 0.00463. The molecule has 27 heavy (non-hydrogen) atoms. The minimum atomic E-state index is -0.344. The highest BCUT2D eigenvalue weighted by molar-refractivity contribution is 6.35. The molecule has 0 aliphatic carbocycles. The maximum atomic E-state index is 12.6. The van der Waals surface area contributed by atoms with Crippen LogP contribution in [0.15, 0.2) is 42.5 Å². The standard InChI is InChI=1S/C20H20Cl2N2O3/c21-15-7-8-18(17(22)12-15)27-13-19(25)23-16-6-4-5-14(11-16)20(26)24-9-2-1-3-10-24/h4-8,11-12H,1-3,9-10,13H2,(H,23,25). The number of amides is 2. The van der Waals surface area contributed by atoms with E-state index in [0.717, 1.165) is 32.4 Å². The highest BCUT2D eigenvalue weighted by atomic mass is 35.5. The molecule has 0 saturated carbocycles. The first-order chi connectivity index (χ1) is 13.0. The van der Waals surface area contributed by atoms with E-state index in [2.05, 4.69) is 5.32 Å². The molecule has 1 heterocycles. The summed E-state index contributed by atoms with van der Waals surface area (Å²) in [7, 11) is 0. The summed E-state index contributed by atoms with van der Waals surface area (Å²) < 4.78 is 5.42. The third-order valence-corrected chi connectivity index (χ3v) is 4.82. The van der Waals surface area contributed by atoms with Crippen LogP contribution in [0.1, 0.15) is 29.6 Å². The van der Waals surface area contributed by atoms with Gasteiger partial charge in [-0.15, -0.1) is 0 Å². The zero-order valence-electron chi connectivity index (χ0n) is 14.7. The molecule has 0 atom stereocenters. The largest absolute Gasteiger partial charge is 0.482 e. The van der Waals surface area contributed by atoms with Gasteiger partial charge in [0.05, 0.1) is 5.02 Å². The molecule has 0 aromatic heterocycles. The first kappa shape index (κ1) is 19.5. The van der Waals surface area contributed by atoms with Crippen LogP contribution in [-0.2, 0) is 4.79 Å². The minimum Gasteiger partial charge on any atom is -0.482 e. The molecule has 0 unspecified atom stereocenters. The number of hydrogen-bond acceptors (Lipinski definition) is 3. The predicted molar refractivity (Wildman–Crippen MR) is 107 cm³/mol. The quantitative estimate of drug-likeness (QED) is 0.786. The van der Waals surface area contributed by atoms with E-state index in [9.17, 15) is 9.59 Å². The maximum absolute atomic E-state index is 12.6. The molecule has 1 aliphatic heterocycles. The van der Waals surface area contributed by atoms with Gasteiger partial charge in [-0.05, 0) is 55.7 Å². The van der Waals surface area contributed by atoms with Crippen molar-refractivity contribution in [1.29, 1.82) is 0 Å². The van der Waals surface area contributed by atoms with E-state index in [1.54, 1.807) is 42.5 Å². The zero-order chi connectivity index (χ0) is 19.2. The van der Waals surface area contributed by atoms with Crippen LogP contribution in [0.5, 0.6) is 5.75 Å². The lowest BCUT2D eigenvalue weighted by Gasteiger charge is -2.26. The van der Waals surface area contributed by atoms with Gasteiger partial charge in [-0.2, -0.15) is 0 Å². The molecule has 2 aromatic carbocycles. The second-order valence-electron chi connectivity index (χ2n) is 6.35. The van der Waals surface area contributed by atoms with Gasteiger partial charge in [-0.1, -0.05) is 29.3 Å². The second kappa shape index (κ2) is 9.11. The van der Waals surface area contributed by atoms with Crippen molar-refractivity contribution >= 4 is 40.7 Å². The van der Waals surface area contributed by atoms with E-state index in [0.29, 0.717) is 27.0 Å². The number of ether oxygens (including phenoxy) is 1. The molecule has 142 valence electrons. The molecule has 0 radical (unpaired) electrons. The highest BCUT2D eigenvalue weighted by Crippen LogP contribution is 2.27. The molecule has 0 spiro atoms. The Morgan fingerprint density at radius 2 is 1.81 bits per heavy atom. The van der Waals surface area contributed by atoms with Crippen molar-refractivity contribution in [1.82, 2.24) is 4.90 Å². The zero-order valence-corrected chi connectivity index (χ0v) is 16.2. The van der Waals surface area contributed by atoms with Crippen LogP contribution >= 0.6 is 23.2 Å². The molecule has 7 heteroatoms. The van der Waals surface area contributed by atoms with Gasteiger partial charge in [0.1, 0.15) is 5.75 Å². The monoisotopic (exact) mass is 406 g/mol. The Morgan fingerprint density at radius 1 is 1.04 bits per heavy atom. The fourth-order valence-electron chi connectivity index (χ4n) is 2.94. The van der Waals surface area contributed by atoms with Crippen LogP contribution in [0.2, 0.25) is 10.0 Å². The van der Waals surface area contributed by atoms with Crippen molar-refractivity contribution in [2.45, 2.75) is 19.3 Å². The Bertz CT molecular complexity index is 836. The molecule has 5 nitrogen and oxygen atoms in total. The third-order valence-electron chi connectivity index (χ3n) is 4.29. The van der Waals surface area contributed by atoms with Crippen molar-refractivity contribution in [3.8, 4) is 5.75 Å². The average Bonchev–Trinajstić information content (AvgIpc) is 2.67. The summed E-state index contributed by atoms with van der Waals surface area (Å²) in [4.78, 5) is 26.6. The van der Waals surface area contributed by atoms with Crippen LogP contribution in [0.4, 0.5) is 5.69 Å². The fourth-order valence-corrected chi connectivity index (χ4v) is 3.41. The molecule has 2 amide bonds. The predicted octanol–water partition coefficient (Wildman–Crippen LogP) is 4.64. The van der Waals surface area contributed by atoms with Crippen LogP contribution in [0.3, 0.4) is 0 Å². The van der Waals surface area contributed by atoms with Gasteiger partial charge in [0.25, 0.3) is 11.8 Å². The molecular formula is C20H20Cl2N2O3. The van der Waals surface area contributed by atoms with Crippen molar-refractivity contribution in [3.05, 3.63) is 58.1 Å². The van der Waals surface area contributed by atoms with Crippen molar-refractivity contribution < 1.29 is 14.3 Å². The van der Waals surface area contributed by atoms with Crippen molar-refractivity contribution in [3.63, 3.8) is 0 Å². The highest BCUT2D eigenvalue weighted by Gasteiger charge is 2.18. The maximum Gasteiger partial charge on any atom is 0.262 e. The number of benzene rings is 2. The van der Waals surface area contributed by atoms with Crippen molar-refractivity contribution in [2.75, 3.05) is 25.0 Å². The summed E-state index contributed by atoms with van der Waals surface area (Å²) in [6, 6.07) is 11.7. The van der Waals surface area contributed by atoms with Crippen LogP contribution in [-0.4, -0.2) is 36.4 Å². The number of hydrogen-bond donors (Lipinski definition) is 1. The first-order valence-corrected chi connectivity index (χ1v) is 9.55. The van der Waals surface area contributed by atoms with Gasteiger partial charge in [-0.25, -0.2) is 0 Å². The summed E-state index contributed by atoms with van der Waals surface area (Å²) in [6.07, 6.45) is 3.23. The van der Waals surface area contributed by atoms with Crippen LogP contribution in [0.25, 0.3) is 0 Å². The van der Waals surface area contributed by atoms with E-state index >= 15 is 0 Å². The molecule has 0 bridgehead atoms. The van der Waals surface area contributed by atoms with Gasteiger partial charge < -0.3 is 15.0 Å². The second-order valence-corrected chi connectivity index (χ2v) is 7.19. The molecule has 3 rings (SSSR count). The van der Waals surface area contributed by atoms with E-state index in [1.807, 2.05) is 4.90 Å². The van der Waals surface area contributed by atoms with E-state index in [1.165, 1.54) is 0 Å². The number of nitrogens with one attached hydrogen (secondary N) is 1. The number of piperidine rings is 1. The summed E-state index contributed by atoms with van der Waals surface area (Å²) in [5.41, 5.74) is 1.12. The molecular weight excluding hydrogens is 387 g/mol. The Labute approximate surface area is 168 Å². The van der Waals surface area contributed by atoms with Crippen molar-refractivity contribution in [2.24, 2.45) is 0 Å². The summed E-state index contributed by atoms with van der Waals surface area (Å²) >= 11 is 11.9. The lowest BCUT2D eigenvalue weighted by molar-refractivity contribution is -0.118. The first-order valence-electron chi connectivity index (χ1n) is 8.80. The Hall–Kier alpha value is -2.24. The lowest BCUT2D eigenvalue weighted by atomic mass is 10.1. The summed E-state index contributed by atoms with van der Waals surface area (Å²) in [6.45, 7) is 1.36. The number of likely N-dealkylation sites (tertiary alicyclic amines) is 1. The molecule has 1 N–H and O–H groups in total. The summed E-state index contributed by atoms with van der Waals surface area (Å²) in [5, 5.41) is 3.57. The molecule has 2 aromatic rings. The normalized spacial score (nSPS) is 13.9. The lowest BCUT2D eigenvalue weighted by Crippen LogP contribution is -2.35. The van der Waals surface area contributed by atoms with Crippen LogP contribution < -0.4 is 10.1 Å². The number of nitrogens with zero attached hydrogens (tertiary/aromatic N) is 1. The average molecular weight is 407 g/mol. The van der Waals surface area contributed by atoms with Gasteiger partial charge in [0.15, 0.2) is 6.61 Å². The number of carbonyl (C=O) groups is 2. The number of halogens is 2. The van der Waals surface area contributed by atoms with Gasteiger partial charge >= 0.3 is 0 Å². The SMILES string of the molecule is O=C(COc1ccc(Cl)cc1Cl)Nc1cccc(C(=O)N2CCCCC2)c1. The van der Waals surface area contributed by atoms with E-state index < -0.39 is 0 Å². The van der Waals surface area contributed by atoms with Gasteiger partial charge in [-0.3, -0.25) is 9.59 Å². The smallest absolute Gasteiger partial charge is 0.262 e. The Kier molecular flexibility index (Phi) is 6.58. The van der Waals surface area contributed by atoms with E-state index in [-0.39, 0.29) is 18.4 Å². The third kappa shape index (κ3) is 5.37. The topological polar surface area (TPSA) is 58.6 Å². The van der Waals surface area contributed by atoms with E-state index in [4.69, 9.17) is 27.9 Å². The number of carbonyl (C=O) groups excluding carboxylic acids is 2. The van der Waals surface area contributed by atoms with Crippen LogP contribution in [0, 0.1) is 0 Å². The number of anilines is 1. The Morgan fingerprint density at radius 3 is 2.56 bits per heavy atom. The van der Waals surface area contributed by atoms with Gasteiger partial charge in [0.2, 0.25) is 0 Å². The molecule has 1 aliphatic rings.